The first-order valence-corrected chi connectivity index (χ1v) is 11.2. The average molecular weight is 486 g/mol. The molecule has 0 spiro atoms. The zero-order valence-corrected chi connectivity index (χ0v) is 19.4. The van der Waals surface area contributed by atoms with E-state index in [1.54, 1.807) is 0 Å². The van der Waals surface area contributed by atoms with Crippen LogP contribution in [0.4, 0.5) is 0 Å². The second-order valence-corrected chi connectivity index (χ2v) is 6.94. The zero-order chi connectivity index (χ0) is 25.7. The van der Waals surface area contributed by atoms with Crippen LogP contribution in [0.1, 0.15) is 57.8 Å². The normalized spacial score (nSPS) is 10.9. The summed E-state index contributed by atoms with van der Waals surface area (Å²) in [5, 5.41) is 65.6. The van der Waals surface area contributed by atoms with Gasteiger partial charge in [-0.15, -0.1) is 0 Å². The van der Waals surface area contributed by atoms with Crippen LogP contribution in [-0.4, -0.2) is 106 Å². The van der Waals surface area contributed by atoms with E-state index in [-0.39, 0.29) is 39.3 Å². The van der Waals surface area contributed by atoms with Crippen molar-refractivity contribution in [1.29, 1.82) is 0 Å². The van der Waals surface area contributed by atoms with Crippen molar-refractivity contribution in [3.63, 3.8) is 0 Å². The van der Waals surface area contributed by atoms with Gasteiger partial charge < -0.3 is 41.3 Å². The number of carboxylic acids is 2. The number of aliphatic hydroxyl groups excluding tert-OH is 4. The third-order valence-corrected chi connectivity index (χ3v) is 4.06. The van der Waals surface area contributed by atoms with E-state index in [9.17, 15) is 19.7 Å². The highest BCUT2D eigenvalue weighted by atomic mass is 16.6. The van der Waals surface area contributed by atoms with E-state index in [4.69, 9.17) is 30.6 Å². The number of hydrogen-bond acceptors (Lipinski definition) is 10. The van der Waals surface area contributed by atoms with Crippen LogP contribution in [0.15, 0.2) is 0 Å². The number of rotatable bonds is 20. The Morgan fingerprint density at radius 3 is 1.36 bits per heavy atom. The van der Waals surface area contributed by atoms with Crippen LogP contribution < -0.4 is 10.6 Å². The van der Waals surface area contributed by atoms with Crippen LogP contribution in [0, 0.1) is 10.1 Å². The lowest BCUT2D eigenvalue weighted by atomic mass is 10.0. The first-order valence-electron chi connectivity index (χ1n) is 11.2. The van der Waals surface area contributed by atoms with Gasteiger partial charge >= 0.3 is 18.0 Å². The largest absolute Gasteiger partial charge is 0.481 e. The molecule has 0 aliphatic heterocycles. The predicted octanol–water partition coefficient (Wildman–Crippen LogP) is -0.567. The molecule has 198 valence electrons. The number of hydrogen-bond donors (Lipinski definition) is 8. The summed E-state index contributed by atoms with van der Waals surface area (Å²) in [5.41, 5.74) is 0. The fourth-order valence-electron chi connectivity index (χ4n) is 2.38. The molecule has 0 fully saturated rings. The average Bonchev–Trinajstić information content (AvgIpc) is 2.76. The summed E-state index contributed by atoms with van der Waals surface area (Å²) in [5.74, 6) is -2.15. The van der Waals surface area contributed by atoms with E-state index in [1.807, 2.05) is 0 Å². The van der Waals surface area contributed by atoms with Crippen LogP contribution in [0.2, 0.25) is 0 Å². The molecule has 0 aliphatic rings. The molecule has 0 bridgehead atoms. The van der Waals surface area contributed by atoms with E-state index in [0.717, 1.165) is 32.1 Å². The third kappa shape index (κ3) is 34.9. The smallest absolute Gasteiger partial charge is 0.379 e. The molecule has 0 aromatic rings. The maximum atomic E-state index is 10.5. The van der Waals surface area contributed by atoms with E-state index in [1.165, 1.54) is 0 Å². The molecule has 0 rings (SSSR count). The molecule has 1 atom stereocenters. The Morgan fingerprint density at radius 1 is 0.697 bits per heavy atom. The van der Waals surface area contributed by atoms with Gasteiger partial charge in [0.1, 0.15) is 0 Å². The van der Waals surface area contributed by atoms with E-state index < -0.39 is 22.9 Å². The van der Waals surface area contributed by atoms with Gasteiger partial charge in [-0.1, -0.05) is 32.1 Å². The van der Waals surface area contributed by atoms with Gasteiger partial charge in [0.25, 0.3) is 0 Å². The lowest BCUT2D eigenvalue weighted by Gasteiger charge is -2.04. The molecule has 0 saturated carbocycles. The highest BCUT2D eigenvalue weighted by molar-refractivity contribution is 5.71. The number of aliphatic carboxylic acids is 2. The van der Waals surface area contributed by atoms with Gasteiger partial charge in [-0.3, -0.25) is 14.9 Å². The fraction of sp³-hybridized carbons (Fsp3) is 0.900. The molecule has 0 radical (unpaired) electrons. The number of carboxylic acid groups (broad SMARTS) is 2. The van der Waals surface area contributed by atoms with Crippen LogP contribution >= 0.6 is 0 Å². The van der Waals surface area contributed by atoms with Crippen molar-refractivity contribution in [1.82, 2.24) is 10.6 Å². The zero-order valence-electron chi connectivity index (χ0n) is 19.4. The summed E-state index contributed by atoms with van der Waals surface area (Å²) >= 11 is 0. The van der Waals surface area contributed by atoms with Crippen molar-refractivity contribution < 1.29 is 45.2 Å². The molecule has 13 nitrogen and oxygen atoms in total. The van der Waals surface area contributed by atoms with Crippen molar-refractivity contribution in [2.75, 3.05) is 52.6 Å². The second kappa shape index (κ2) is 30.1. The second-order valence-electron chi connectivity index (χ2n) is 6.94. The SMILES string of the molecule is O=C(O)CCCCCCCCCC(C(=O)O)[N+](=O)[O-].OCCNCCO.OCCNCCO. The summed E-state index contributed by atoms with van der Waals surface area (Å²) in [6.07, 6.45) is 5.93. The van der Waals surface area contributed by atoms with Crippen LogP contribution in [0.3, 0.4) is 0 Å². The number of nitro groups is 1. The molecule has 0 saturated heterocycles. The van der Waals surface area contributed by atoms with Gasteiger partial charge in [-0.05, 0) is 12.8 Å². The summed E-state index contributed by atoms with van der Waals surface area (Å²) < 4.78 is 0. The van der Waals surface area contributed by atoms with E-state index in [2.05, 4.69) is 10.6 Å². The molecule has 0 aliphatic carbocycles. The van der Waals surface area contributed by atoms with Crippen molar-refractivity contribution >= 4 is 11.9 Å². The number of nitrogens with zero attached hydrogens (tertiary/aromatic N) is 1. The lowest BCUT2D eigenvalue weighted by Crippen LogP contribution is -2.28. The van der Waals surface area contributed by atoms with Crippen LogP contribution in [0.5, 0.6) is 0 Å². The van der Waals surface area contributed by atoms with Gasteiger partial charge in [0.2, 0.25) is 0 Å². The predicted molar refractivity (Wildman–Crippen MR) is 122 cm³/mol. The highest BCUT2D eigenvalue weighted by Gasteiger charge is 2.27. The molecule has 0 heterocycles. The minimum atomic E-state index is -1.49. The molecule has 0 aromatic heterocycles. The van der Waals surface area contributed by atoms with Crippen LogP contribution in [0.25, 0.3) is 0 Å². The fourth-order valence-corrected chi connectivity index (χ4v) is 2.38. The molecule has 1 unspecified atom stereocenters. The standard InChI is InChI=1S/C12H21NO6.2C4H11NO2/c14-11(15)9-7-5-3-1-2-4-6-8-10(12(16)17)13(18)19;2*6-3-1-5-2-4-7/h10H,1-9H2,(H,14,15)(H,16,17);2*5-7H,1-4H2. The Labute approximate surface area is 195 Å². The van der Waals surface area contributed by atoms with E-state index in [0.29, 0.717) is 39.0 Å². The Hall–Kier alpha value is -1.90. The molecule has 0 amide bonds. The van der Waals surface area contributed by atoms with Gasteiger partial charge in [-0.2, -0.15) is 0 Å². The maximum Gasteiger partial charge on any atom is 0.379 e. The molecular weight excluding hydrogens is 442 g/mol. The number of aliphatic hydroxyl groups is 4. The minimum absolute atomic E-state index is 0.0708. The summed E-state index contributed by atoms with van der Waals surface area (Å²) in [4.78, 5) is 30.4. The van der Waals surface area contributed by atoms with Gasteiger partial charge in [0, 0.05) is 43.9 Å². The molecule has 13 heteroatoms. The summed E-state index contributed by atoms with van der Waals surface area (Å²) in [7, 11) is 0. The topological polar surface area (TPSA) is 223 Å². The Morgan fingerprint density at radius 2 is 1.06 bits per heavy atom. The highest BCUT2D eigenvalue weighted by Crippen LogP contribution is 2.11. The van der Waals surface area contributed by atoms with Crippen LogP contribution in [-0.2, 0) is 9.59 Å². The van der Waals surface area contributed by atoms with Crippen molar-refractivity contribution in [2.45, 2.75) is 63.8 Å². The quantitative estimate of drug-likeness (QED) is 0.0617. The van der Waals surface area contributed by atoms with Gasteiger partial charge in [0.05, 0.1) is 26.4 Å². The molecule has 8 N–H and O–H groups in total. The Balaban J connectivity index is -0.000000524. The lowest BCUT2D eigenvalue weighted by molar-refractivity contribution is -0.511. The Bertz CT molecular complexity index is 424. The first kappa shape index (κ1) is 35.7. The van der Waals surface area contributed by atoms with Gasteiger partial charge in [0.15, 0.2) is 0 Å². The van der Waals surface area contributed by atoms with Crippen molar-refractivity contribution in [2.24, 2.45) is 0 Å². The molecule has 33 heavy (non-hydrogen) atoms. The summed E-state index contributed by atoms with van der Waals surface area (Å²) in [6, 6.07) is -1.49. The van der Waals surface area contributed by atoms with Crippen molar-refractivity contribution in [3.8, 4) is 0 Å². The van der Waals surface area contributed by atoms with E-state index >= 15 is 0 Å². The minimum Gasteiger partial charge on any atom is -0.481 e. The van der Waals surface area contributed by atoms with Gasteiger partial charge in [-0.25, -0.2) is 4.79 Å². The maximum absolute atomic E-state index is 10.5. The molecule has 0 aromatic carbocycles. The number of carbonyl (C=O) groups is 2. The monoisotopic (exact) mass is 485 g/mol. The molecular formula is C20H43N3O10. The third-order valence-electron chi connectivity index (χ3n) is 4.06. The Kier molecular flexibility index (Phi) is 32.5. The number of unbranched alkanes of at least 4 members (excludes halogenated alkanes) is 6. The first-order chi connectivity index (χ1) is 15.8. The van der Waals surface area contributed by atoms with Crippen molar-refractivity contribution in [3.05, 3.63) is 10.1 Å². The number of nitrogens with one attached hydrogen (secondary N) is 2. The summed E-state index contributed by atoms with van der Waals surface area (Å²) in [6.45, 7) is 2.84.